The van der Waals surface area contributed by atoms with Crippen LogP contribution in [-0.2, 0) is 16.7 Å². The minimum absolute atomic E-state index is 0.444. The minimum atomic E-state index is -0.444. The average molecular weight is 386 g/mol. The molecule has 6 nitrogen and oxygen atoms in total. The van der Waals surface area contributed by atoms with E-state index in [1.165, 1.54) is 19.3 Å². The molecule has 1 aliphatic rings. The molecule has 1 aromatic heterocycles. The van der Waals surface area contributed by atoms with Crippen LogP contribution in [0.25, 0.3) is 0 Å². The molecule has 0 saturated carbocycles. The second-order valence-electron chi connectivity index (χ2n) is 7.83. The molecule has 1 aliphatic heterocycles. The van der Waals surface area contributed by atoms with Gasteiger partial charge < -0.3 is 19.7 Å². The maximum absolute atomic E-state index is 6.03. The van der Waals surface area contributed by atoms with E-state index in [4.69, 9.17) is 19.7 Å². The standard InChI is InChI=1S/C22H31N3O3/c1-22(2,23)20-16-19(28-25-20)8-6-4-3-5-7-14-26-18-11-9-17(10-12-18)21-24-13-15-27-21/h9-12,16H,3-8,13-15,23H2,1-2H3. The Hall–Kier alpha value is -2.34. The lowest BCUT2D eigenvalue weighted by molar-refractivity contribution is 0.304. The lowest BCUT2D eigenvalue weighted by atomic mass is 10.0. The van der Waals surface area contributed by atoms with Gasteiger partial charge in [0.15, 0.2) is 0 Å². The summed E-state index contributed by atoms with van der Waals surface area (Å²) in [6.45, 7) is 6.04. The normalized spacial score (nSPS) is 14.0. The van der Waals surface area contributed by atoms with E-state index in [1.807, 2.05) is 44.2 Å². The van der Waals surface area contributed by atoms with Crippen molar-refractivity contribution in [1.82, 2.24) is 5.16 Å². The highest BCUT2D eigenvalue weighted by atomic mass is 16.5. The molecule has 152 valence electrons. The monoisotopic (exact) mass is 385 g/mol. The molecule has 0 saturated heterocycles. The Kier molecular flexibility index (Phi) is 7.09. The van der Waals surface area contributed by atoms with Crippen molar-refractivity contribution < 1.29 is 14.0 Å². The number of nitrogens with zero attached hydrogens (tertiary/aromatic N) is 2. The number of ether oxygens (including phenoxy) is 2. The van der Waals surface area contributed by atoms with Crippen molar-refractivity contribution in [3.05, 3.63) is 47.3 Å². The van der Waals surface area contributed by atoms with E-state index >= 15 is 0 Å². The predicted octanol–water partition coefficient (Wildman–Crippen LogP) is 4.22. The quantitative estimate of drug-likeness (QED) is 0.586. The van der Waals surface area contributed by atoms with Crippen molar-refractivity contribution in [1.29, 1.82) is 0 Å². The molecule has 0 bridgehead atoms. The lowest BCUT2D eigenvalue weighted by Crippen LogP contribution is -2.28. The molecule has 0 spiro atoms. The van der Waals surface area contributed by atoms with Crippen LogP contribution in [0.3, 0.4) is 0 Å². The first-order valence-corrected chi connectivity index (χ1v) is 10.2. The van der Waals surface area contributed by atoms with Crippen LogP contribution < -0.4 is 10.5 Å². The van der Waals surface area contributed by atoms with Crippen LogP contribution >= 0.6 is 0 Å². The number of hydrogen-bond donors (Lipinski definition) is 1. The maximum Gasteiger partial charge on any atom is 0.216 e. The van der Waals surface area contributed by atoms with Gasteiger partial charge in [0.05, 0.1) is 18.7 Å². The second kappa shape index (κ2) is 9.73. The van der Waals surface area contributed by atoms with Crippen molar-refractivity contribution in [3.8, 4) is 5.75 Å². The zero-order valence-electron chi connectivity index (χ0n) is 16.9. The summed E-state index contributed by atoms with van der Waals surface area (Å²) in [7, 11) is 0. The Bertz CT molecular complexity index is 760. The fraction of sp³-hybridized carbons (Fsp3) is 0.545. The Labute approximate surface area is 167 Å². The van der Waals surface area contributed by atoms with Gasteiger partial charge in [-0.25, -0.2) is 4.99 Å². The number of hydrogen-bond acceptors (Lipinski definition) is 6. The molecule has 2 aromatic rings. The van der Waals surface area contributed by atoms with Gasteiger partial charge in [0, 0.05) is 18.1 Å². The highest BCUT2D eigenvalue weighted by Gasteiger charge is 2.19. The van der Waals surface area contributed by atoms with Crippen LogP contribution in [0.2, 0.25) is 0 Å². The lowest BCUT2D eigenvalue weighted by Gasteiger charge is -2.12. The van der Waals surface area contributed by atoms with E-state index < -0.39 is 5.54 Å². The van der Waals surface area contributed by atoms with Gasteiger partial charge in [0.2, 0.25) is 5.90 Å². The molecule has 2 heterocycles. The van der Waals surface area contributed by atoms with Crippen LogP contribution in [0.1, 0.15) is 63.0 Å². The molecular formula is C22H31N3O3. The number of aromatic nitrogens is 1. The molecule has 3 rings (SSSR count). The van der Waals surface area contributed by atoms with Crippen molar-refractivity contribution in [2.24, 2.45) is 10.7 Å². The summed E-state index contributed by atoms with van der Waals surface area (Å²) >= 11 is 0. The van der Waals surface area contributed by atoms with E-state index in [0.29, 0.717) is 6.61 Å². The molecule has 28 heavy (non-hydrogen) atoms. The summed E-state index contributed by atoms with van der Waals surface area (Å²) in [4.78, 5) is 4.32. The molecule has 0 aliphatic carbocycles. The molecule has 1 aromatic carbocycles. The molecule has 2 N–H and O–H groups in total. The third kappa shape index (κ3) is 6.09. The molecule has 6 heteroatoms. The number of rotatable bonds is 11. The summed E-state index contributed by atoms with van der Waals surface area (Å²) in [6, 6.07) is 9.94. The Morgan fingerprint density at radius 1 is 1.07 bits per heavy atom. The van der Waals surface area contributed by atoms with Gasteiger partial charge in [0.1, 0.15) is 23.8 Å². The highest BCUT2D eigenvalue weighted by Crippen LogP contribution is 2.18. The Morgan fingerprint density at radius 2 is 1.82 bits per heavy atom. The van der Waals surface area contributed by atoms with Gasteiger partial charge in [-0.3, -0.25) is 0 Å². The fourth-order valence-electron chi connectivity index (χ4n) is 3.06. The van der Waals surface area contributed by atoms with Crippen molar-refractivity contribution in [2.75, 3.05) is 19.8 Å². The summed E-state index contributed by atoms with van der Waals surface area (Å²) in [6.07, 6.45) is 6.63. The maximum atomic E-state index is 6.03. The zero-order valence-corrected chi connectivity index (χ0v) is 16.9. The number of unbranched alkanes of at least 4 members (excludes halogenated alkanes) is 4. The zero-order chi connectivity index (χ0) is 19.8. The summed E-state index contributed by atoms with van der Waals surface area (Å²) in [5.41, 5.74) is 7.41. The Balaban J connectivity index is 1.24. The topological polar surface area (TPSA) is 82.9 Å². The smallest absolute Gasteiger partial charge is 0.216 e. The number of aryl methyl sites for hydroxylation is 1. The minimum Gasteiger partial charge on any atom is -0.494 e. The van der Waals surface area contributed by atoms with Crippen LogP contribution in [0.15, 0.2) is 39.8 Å². The first-order valence-electron chi connectivity index (χ1n) is 10.2. The number of aliphatic imine (C=N–C) groups is 1. The predicted molar refractivity (Wildman–Crippen MR) is 110 cm³/mol. The summed E-state index contributed by atoms with van der Waals surface area (Å²) in [5.74, 6) is 2.56. The molecule has 0 fully saturated rings. The van der Waals surface area contributed by atoms with Crippen LogP contribution in [0, 0.1) is 0 Å². The largest absolute Gasteiger partial charge is 0.494 e. The molecule has 0 unspecified atom stereocenters. The van der Waals surface area contributed by atoms with Crippen molar-refractivity contribution >= 4 is 5.90 Å². The van der Waals surface area contributed by atoms with E-state index in [-0.39, 0.29) is 0 Å². The van der Waals surface area contributed by atoms with Gasteiger partial charge in [-0.15, -0.1) is 0 Å². The van der Waals surface area contributed by atoms with E-state index in [9.17, 15) is 0 Å². The average Bonchev–Trinajstić information content (AvgIpc) is 3.36. The van der Waals surface area contributed by atoms with Crippen LogP contribution in [0.5, 0.6) is 5.75 Å². The first-order chi connectivity index (χ1) is 13.5. The number of nitrogens with two attached hydrogens (primary N) is 1. The molecule has 0 atom stereocenters. The van der Waals surface area contributed by atoms with Crippen LogP contribution in [-0.4, -0.2) is 30.8 Å². The van der Waals surface area contributed by atoms with Gasteiger partial charge in [0.25, 0.3) is 0 Å². The van der Waals surface area contributed by atoms with Gasteiger partial charge in [-0.2, -0.15) is 0 Å². The second-order valence-corrected chi connectivity index (χ2v) is 7.83. The van der Waals surface area contributed by atoms with Gasteiger partial charge in [-0.1, -0.05) is 24.4 Å². The number of benzene rings is 1. The first kappa shape index (κ1) is 20.4. The van der Waals surface area contributed by atoms with Gasteiger partial charge in [-0.05, 0) is 51.0 Å². The molecular weight excluding hydrogens is 354 g/mol. The van der Waals surface area contributed by atoms with E-state index in [1.54, 1.807) is 0 Å². The van der Waals surface area contributed by atoms with E-state index in [2.05, 4.69) is 10.1 Å². The third-order valence-electron chi connectivity index (χ3n) is 4.74. The van der Waals surface area contributed by atoms with Crippen molar-refractivity contribution in [2.45, 2.75) is 57.9 Å². The van der Waals surface area contributed by atoms with Crippen molar-refractivity contribution in [3.63, 3.8) is 0 Å². The van der Waals surface area contributed by atoms with Gasteiger partial charge >= 0.3 is 0 Å². The third-order valence-corrected chi connectivity index (χ3v) is 4.74. The Morgan fingerprint density at radius 3 is 2.50 bits per heavy atom. The molecule has 0 amide bonds. The summed E-state index contributed by atoms with van der Waals surface area (Å²) in [5, 5.41) is 4.05. The fourth-order valence-corrected chi connectivity index (χ4v) is 3.06. The SMILES string of the molecule is CC(C)(N)c1cc(CCCCCCCOc2ccc(C3=NCCO3)cc2)on1. The molecule has 0 radical (unpaired) electrons. The highest BCUT2D eigenvalue weighted by molar-refractivity contribution is 5.94. The summed E-state index contributed by atoms with van der Waals surface area (Å²) < 4.78 is 16.6. The van der Waals surface area contributed by atoms with E-state index in [0.717, 1.165) is 61.1 Å². The van der Waals surface area contributed by atoms with Crippen LogP contribution in [0.4, 0.5) is 0 Å².